The van der Waals surface area contributed by atoms with Gasteiger partial charge >= 0.3 is 6.01 Å². The first-order valence-electron chi connectivity index (χ1n) is 5.60. The number of rotatable bonds is 6. The van der Waals surface area contributed by atoms with Gasteiger partial charge in [-0.2, -0.15) is 0 Å². The SMILES string of the molecule is CCC(Nc1nnc(CNC)o1)c1cccs1. The van der Waals surface area contributed by atoms with Crippen molar-refractivity contribution in [3.05, 3.63) is 28.3 Å². The summed E-state index contributed by atoms with van der Waals surface area (Å²) in [6.45, 7) is 2.72. The molecule has 0 saturated carbocycles. The Bertz CT molecular complexity index is 440. The lowest BCUT2D eigenvalue weighted by atomic mass is 10.2. The summed E-state index contributed by atoms with van der Waals surface area (Å²) in [7, 11) is 1.85. The molecule has 1 atom stereocenters. The Morgan fingerprint density at radius 2 is 2.35 bits per heavy atom. The number of hydrogen-bond donors (Lipinski definition) is 2. The summed E-state index contributed by atoms with van der Waals surface area (Å²) in [5, 5.41) is 16.2. The molecule has 0 bridgehead atoms. The summed E-state index contributed by atoms with van der Waals surface area (Å²) in [4.78, 5) is 1.28. The molecule has 0 spiro atoms. The molecule has 2 rings (SSSR count). The van der Waals surface area contributed by atoms with Gasteiger partial charge in [-0.3, -0.25) is 0 Å². The molecule has 2 aromatic rings. The fraction of sp³-hybridized carbons (Fsp3) is 0.455. The van der Waals surface area contributed by atoms with E-state index in [0.717, 1.165) is 6.42 Å². The van der Waals surface area contributed by atoms with Crippen molar-refractivity contribution < 1.29 is 4.42 Å². The number of thiophene rings is 1. The van der Waals surface area contributed by atoms with E-state index in [1.54, 1.807) is 11.3 Å². The molecule has 0 fully saturated rings. The van der Waals surface area contributed by atoms with Crippen LogP contribution in [0.5, 0.6) is 0 Å². The van der Waals surface area contributed by atoms with Crippen LogP contribution in [0.1, 0.15) is 30.2 Å². The van der Waals surface area contributed by atoms with Crippen LogP contribution in [0.3, 0.4) is 0 Å². The Balaban J connectivity index is 2.02. The van der Waals surface area contributed by atoms with Crippen LogP contribution in [0, 0.1) is 0 Å². The zero-order valence-electron chi connectivity index (χ0n) is 9.93. The molecule has 1 unspecified atom stereocenters. The second kappa shape index (κ2) is 5.79. The molecule has 2 aromatic heterocycles. The van der Waals surface area contributed by atoms with Crippen molar-refractivity contribution in [3.63, 3.8) is 0 Å². The Morgan fingerprint density at radius 1 is 1.47 bits per heavy atom. The van der Waals surface area contributed by atoms with E-state index in [1.165, 1.54) is 4.88 Å². The molecule has 2 N–H and O–H groups in total. The van der Waals surface area contributed by atoms with Gasteiger partial charge in [-0.1, -0.05) is 18.1 Å². The lowest BCUT2D eigenvalue weighted by Gasteiger charge is -2.12. The average molecular weight is 252 g/mol. The molecule has 0 radical (unpaired) electrons. The fourth-order valence-electron chi connectivity index (χ4n) is 1.55. The number of nitrogens with zero attached hydrogens (tertiary/aromatic N) is 2. The highest BCUT2D eigenvalue weighted by molar-refractivity contribution is 7.10. The molecule has 0 amide bonds. The molecule has 6 heteroatoms. The molecule has 0 aliphatic heterocycles. The van der Waals surface area contributed by atoms with Gasteiger partial charge in [0.15, 0.2) is 0 Å². The van der Waals surface area contributed by atoms with Gasteiger partial charge in [0.25, 0.3) is 0 Å². The zero-order chi connectivity index (χ0) is 12.1. The number of aromatic nitrogens is 2. The Morgan fingerprint density at radius 3 is 3.00 bits per heavy atom. The highest BCUT2D eigenvalue weighted by Crippen LogP contribution is 2.25. The normalized spacial score (nSPS) is 12.6. The van der Waals surface area contributed by atoms with Gasteiger partial charge in [0.2, 0.25) is 5.89 Å². The van der Waals surface area contributed by atoms with Crippen molar-refractivity contribution in [2.45, 2.75) is 25.9 Å². The molecule has 0 saturated heterocycles. The molecular formula is C11H16N4OS. The minimum Gasteiger partial charge on any atom is -0.407 e. The largest absolute Gasteiger partial charge is 0.407 e. The van der Waals surface area contributed by atoms with Crippen LogP contribution in [-0.4, -0.2) is 17.2 Å². The molecule has 0 aliphatic carbocycles. The number of anilines is 1. The van der Waals surface area contributed by atoms with E-state index in [4.69, 9.17) is 4.42 Å². The average Bonchev–Trinajstić information content (AvgIpc) is 2.97. The van der Waals surface area contributed by atoms with Crippen LogP contribution in [0.4, 0.5) is 6.01 Å². The van der Waals surface area contributed by atoms with Crippen molar-refractivity contribution in [2.75, 3.05) is 12.4 Å². The van der Waals surface area contributed by atoms with Gasteiger partial charge in [0, 0.05) is 4.88 Å². The maximum Gasteiger partial charge on any atom is 0.316 e. The zero-order valence-corrected chi connectivity index (χ0v) is 10.8. The lowest BCUT2D eigenvalue weighted by molar-refractivity contribution is 0.484. The first kappa shape index (κ1) is 12.1. The van der Waals surface area contributed by atoms with Crippen molar-refractivity contribution in [1.29, 1.82) is 0 Å². The predicted molar refractivity (Wildman–Crippen MR) is 68.0 cm³/mol. The standard InChI is InChI=1S/C11H16N4OS/c1-3-8(9-5-4-6-17-9)13-11-15-14-10(16-11)7-12-2/h4-6,8,12H,3,7H2,1-2H3,(H,13,15). The van der Waals surface area contributed by atoms with E-state index >= 15 is 0 Å². The molecule has 5 nitrogen and oxygen atoms in total. The third kappa shape index (κ3) is 3.04. The van der Waals surface area contributed by atoms with E-state index in [9.17, 15) is 0 Å². The summed E-state index contributed by atoms with van der Waals surface area (Å²) in [5.41, 5.74) is 0. The maximum absolute atomic E-state index is 5.46. The van der Waals surface area contributed by atoms with Gasteiger partial charge in [-0.05, 0) is 24.9 Å². The van der Waals surface area contributed by atoms with Crippen molar-refractivity contribution in [2.24, 2.45) is 0 Å². The van der Waals surface area contributed by atoms with Gasteiger partial charge in [-0.25, -0.2) is 0 Å². The topological polar surface area (TPSA) is 63.0 Å². The van der Waals surface area contributed by atoms with Crippen LogP contribution in [0.15, 0.2) is 21.9 Å². The van der Waals surface area contributed by atoms with Crippen LogP contribution in [0.2, 0.25) is 0 Å². The van der Waals surface area contributed by atoms with Gasteiger partial charge in [-0.15, -0.1) is 16.4 Å². The highest BCUT2D eigenvalue weighted by atomic mass is 32.1. The van der Waals surface area contributed by atoms with Crippen LogP contribution < -0.4 is 10.6 Å². The first-order valence-corrected chi connectivity index (χ1v) is 6.48. The van der Waals surface area contributed by atoms with Crippen LogP contribution in [-0.2, 0) is 6.54 Å². The Hall–Kier alpha value is -1.40. The first-order chi connectivity index (χ1) is 8.33. The summed E-state index contributed by atoms with van der Waals surface area (Å²) in [6, 6.07) is 4.87. The predicted octanol–water partition coefficient (Wildman–Crippen LogP) is 2.41. The fourth-order valence-corrected chi connectivity index (χ4v) is 2.41. The summed E-state index contributed by atoms with van der Waals surface area (Å²) < 4.78 is 5.46. The minimum absolute atomic E-state index is 0.234. The van der Waals surface area contributed by atoms with Gasteiger partial charge in [0.05, 0.1) is 12.6 Å². The second-order valence-electron chi connectivity index (χ2n) is 3.65. The monoisotopic (exact) mass is 252 g/mol. The second-order valence-corrected chi connectivity index (χ2v) is 4.63. The molecule has 92 valence electrons. The third-order valence-corrected chi connectivity index (χ3v) is 3.37. The van der Waals surface area contributed by atoms with E-state index in [2.05, 4.69) is 39.2 Å². The number of nitrogens with one attached hydrogen (secondary N) is 2. The minimum atomic E-state index is 0.234. The summed E-state index contributed by atoms with van der Waals surface area (Å²) in [6.07, 6.45) is 0.976. The maximum atomic E-state index is 5.46. The van der Waals surface area contributed by atoms with Gasteiger partial charge in [0.1, 0.15) is 0 Å². The van der Waals surface area contributed by atoms with Crippen LogP contribution in [0.25, 0.3) is 0 Å². The number of hydrogen-bond acceptors (Lipinski definition) is 6. The van der Waals surface area contributed by atoms with Crippen molar-refractivity contribution in [3.8, 4) is 0 Å². The van der Waals surface area contributed by atoms with E-state index in [-0.39, 0.29) is 6.04 Å². The molecule has 17 heavy (non-hydrogen) atoms. The van der Waals surface area contributed by atoms with Crippen LogP contribution >= 0.6 is 11.3 Å². The van der Waals surface area contributed by atoms with Gasteiger partial charge < -0.3 is 15.1 Å². The smallest absolute Gasteiger partial charge is 0.316 e. The highest BCUT2D eigenvalue weighted by Gasteiger charge is 2.13. The molecule has 0 aromatic carbocycles. The van der Waals surface area contributed by atoms with E-state index in [0.29, 0.717) is 18.5 Å². The summed E-state index contributed by atoms with van der Waals surface area (Å²) in [5.74, 6) is 0.594. The van der Waals surface area contributed by atoms with E-state index in [1.807, 2.05) is 13.1 Å². The quantitative estimate of drug-likeness (QED) is 0.826. The molecule has 2 heterocycles. The van der Waals surface area contributed by atoms with Crippen molar-refractivity contribution in [1.82, 2.24) is 15.5 Å². The summed E-state index contributed by atoms with van der Waals surface area (Å²) >= 11 is 1.73. The van der Waals surface area contributed by atoms with Crippen molar-refractivity contribution >= 4 is 17.4 Å². The third-order valence-electron chi connectivity index (χ3n) is 2.39. The molecular weight excluding hydrogens is 236 g/mol. The lowest BCUT2D eigenvalue weighted by Crippen LogP contribution is -2.08. The Labute approximate surface area is 104 Å². The Kier molecular flexibility index (Phi) is 4.11. The molecule has 0 aliphatic rings. The van der Waals surface area contributed by atoms with E-state index < -0.39 is 0 Å².